The second-order valence-electron chi connectivity index (χ2n) is 9.34. The number of fused-ring (bicyclic) bond motifs is 1. The van der Waals surface area contributed by atoms with Crippen molar-refractivity contribution in [1.29, 1.82) is 0 Å². The lowest BCUT2D eigenvalue weighted by Gasteiger charge is -2.22. The predicted molar refractivity (Wildman–Crippen MR) is 150 cm³/mol. The summed E-state index contributed by atoms with van der Waals surface area (Å²) < 4.78 is 27.7. The van der Waals surface area contributed by atoms with Crippen LogP contribution in [0.2, 0.25) is 5.02 Å². The molecule has 5 rings (SSSR count). The first-order valence-electron chi connectivity index (χ1n) is 12.9. The van der Waals surface area contributed by atoms with Gasteiger partial charge < -0.3 is 14.0 Å². The summed E-state index contributed by atoms with van der Waals surface area (Å²) in [5.74, 6) is 2.17. The molecule has 3 aromatic carbocycles. The number of imidazole rings is 1. The maximum atomic E-state index is 14.3. The fraction of sp³-hybridized carbons (Fsp3) is 0.258. The van der Waals surface area contributed by atoms with Crippen molar-refractivity contribution in [3.8, 4) is 22.9 Å². The van der Waals surface area contributed by atoms with Crippen molar-refractivity contribution in [3.05, 3.63) is 107 Å². The zero-order valence-electron chi connectivity index (χ0n) is 21.4. The molecule has 5 nitrogen and oxygen atoms in total. The Kier molecular flexibility index (Phi) is 8.41. The summed E-state index contributed by atoms with van der Waals surface area (Å²) in [6.07, 6.45) is 7.86. The van der Waals surface area contributed by atoms with Gasteiger partial charge in [-0.15, -0.1) is 0 Å². The van der Waals surface area contributed by atoms with Crippen molar-refractivity contribution in [3.63, 3.8) is 0 Å². The van der Waals surface area contributed by atoms with Crippen LogP contribution in [0.1, 0.15) is 36.6 Å². The predicted octanol–water partition coefficient (Wildman–Crippen LogP) is 7.59. The van der Waals surface area contributed by atoms with Gasteiger partial charge in [0.25, 0.3) is 0 Å². The fourth-order valence-corrected chi connectivity index (χ4v) is 4.85. The lowest BCUT2D eigenvalue weighted by atomic mass is 10.1. The first kappa shape index (κ1) is 26.0. The maximum absolute atomic E-state index is 14.3. The van der Waals surface area contributed by atoms with E-state index >= 15 is 0 Å². The van der Waals surface area contributed by atoms with E-state index in [1.54, 1.807) is 18.2 Å². The van der Waals surface area contributed by atoms with E-state index in [1.165, 1.54) is 6.07 Å². The third-order valence-electron chi connectivity index (χ3n) is 6.58. The van der Waals surface area contributed by atoms with E-state index in [1.807, 2.05) is 42.6 Å². The Hall–Kier alpha value is -3.61. The molecule has 0 amide bonds. The van der Waals surface area contributed by atoms with Crippen LogP contribution in [0.4, 0.5) is 4.39 Å². The summed E-state index contributed by atoms with van der Waals surface area (Å²) in [7, 11) is 0. The molecule has 0 saturated heterocycles. The smallest absolute Gasteiger partial charge is 0.231 e. The average Bonchev–Trinajstić information content (AvgIpc) is 3.56. The van der Waals surface area contributed by atoms with Crippen LogP contribution in [0.3, 0.4) is 0 Å². The quantitative estimate of drug-likeness (QED) is 0.200. The number of hydrogen-bond donors (Lipinski definition) is 0. The Morgan fingerprint density at radius 1 is 1.03 bits per heavy atom. The highest BCUT2D eigenvalue weighted by molar-refractivity contribution is 6.32. The molecule has 1 aromatic heterocycles. The highest BCUT2D eigenvalue weighted by Gasteiger charge is 2.17. The molecular weight excluding hydrogens is 501 g/mol. The lowest BCUT2D eigenvalue weighted by Crippen LogP contribution is -2.24. The molecule has 0 saturated carbocycles. The molecule has 0 radical (unpaired) electrons. The van der Waals surface area contributed by atoms with Gasteiger partial charge in [0.15, 0.2) is 11.5 Å². The molecule has 4 aromatic rings. The van der Waals surface area contributed by atoms with Crippen molar-refractivity contribution < 1.29 is 13.9 Å². The maximum Gasteiger partial charge on any atom is 0.231 e. The van der Waals surface area contributed by atoms with Crippen molar-refractivity contribution in [2.24, 2.45) is 0 Å². The van der Waals surface area contributed by atoms with E-state index < -0.39 is 0 Å². The summed E-state index contributed by atoms with van der Waals surface area (Å²) in [5, 5.41) is 0.397. The van der Waals surface area contributed by atoms with Crippen LogP contribution in [0.5, 0.6) is 11.5 Å². The molecule has 38 heavy (non-hydrogen) atoms. The standard InChI is InChI=1S/C31H31ClFN3O2/c1-2-3-17-36-25(19-34-31(36)24-9-5-4-6-10-24)21-35(16-8-11-26-27(32)12-7-13-28(26)33)20-23-14-15-29-30(18-23)38-22-37-29/h4-15,18-19H,2-3,16-17,20-22H2,1H3. The van der Waals surface area contributed by atoms with Crippen LogP contribution in [0, 0.1) is 5.82 Å². The molecule has 2 heterocycles. The van der Waals surface area contributed by atoms with E-state index in [0.717, 1.165) is 53.5 Å². The van der Waals surface area contributed by atoms with Crippen LogP contribution >= 0.6 is 11.6 Å². The highest BCUT2D eigenvalue weighted by Crippen LogP contribution is 2.33. The van der Waals surface area contributed by atoms with Gasteiger partial charge in [-0.05, 0) is 36.2 Å². The minimum Gasteiger partial charge on any atom is -0.454 e. The third-order valence-corrected chi connectivity index (χ3v) is 6.91. The first-order chi connectivity index (χ1) is 18.6. The SMILES string of the molecule is CCCCn1c(CN(CC=Cc2c(F)cccc2Cl)Cc2ccc3c(c2)OCO3)cnc1-c1ccccc1. The number of ether oxygens (including phenoxy) is 2. The van der Waals surface area contributed by atoms with Crippen LogP contribution in [-0.2, 0) is 19.6 Å². The molecule has 0 fully saturated rings. The first-order valence-corrected chi connectivity index (χ1v) is 13.3. The Morgan fingerprint density at radius 3 is 2.68 bits per heavy atom. The number of halogens is 2. The summed E-state index contributed by atoms with van der Waals surface area (Å²) in [6.45, 7) is 5.28. The monoisotopic (exact) mass is 531 g/mol. The van der Waals surface area contributed by atoms with Crippen molar-refractivity contribution >= 4 is 17.7 Å². The molecule has 0 spiro atoms. The molecule has 7 heteroatoms. The van der Waals surface area contributed by atoms with Gasteiger partial charge in [0, 0.05) is 37.3 Å². The van der Waals surface area contributed by atoms with E-state index in [0.29, 0.717) is 30.2 Å². The van der Waals surface area contributed by atoms with Gasteiger partial charge in [-0.1, -0.05) is 79.6 Å². The number of unbranched alkanes of at least 4 members (excludes halogenated alkanes) is 1. The number of hydrogen-bond acceptors (Lipinski definition) is 4. The van der Waals surface area contributed by atoms with Gasteiger partial charge in [-0.25, -0.2) is 9.37 Å². The Balaban J connectivity index is 1.42. The lowest BCUT2D eigenvalue weighted by molar-refractivity contribution is 0.174. The second kappa shape index (κ2) is 12.3. The molecule has 0 N–H and O–H groups in total. The average molecular weight is 532 g/mol. The second-order valence-corrected chi connectivity index (χ2v) is 9.75. The minimum atomic E-state index is -0.332. The molecular formula is C31H31ClFN3O2. The summed E-state index contributed by atoms with van der Waals surface area (Å²) >= 11 is 6.25. The fourth-order valence-electron chi connectivity index (χ4n) is 4.62. The van der Waals surface area contributed by atoms with Crippen molar-refractivity contribution in [2.75, 3.05) is 13.3 Å². The van der Waals surface area contributed by atoms with E-state index in [2.05, 4.69) is 34.6 Å². The highest BCUT2D eigenvalue weighted by atomic mass is 35.5. The zero-order chi connectivity index (χ0) is 26.3. The van der Waals surface area contributed by atoms with E-state index in [9.17, 15) is 4.39 Å². The Morgan fingerprint density at radius 2 is 1.87 bits per heavy atom. The van der Waals surface area contributed by atoms with Crippen LogP contribution < -0.4 is 9.47 Å². The molecule has 0 bridgehead atoms. The summed E-state index contributed by atoms with van der Waals surface area (Å²) in [5.41, 5.74) is 3.74. The van der Waals surface area contributed by atoms with E-state index in [-0.39, 0.29) is 12.6 Å². The minimum absolute atomic E-state index is 0.244. The van der Waals surface area contributed by atoms with Crippen LogP contribution in [0.25, 0.3) is 17.5 Å². The van der Waals surface area contributed by atoms with Crippen molar-refractivity contribution in [1.82, 2.24) is 14.5 Å². The van der Waals surface area contributed by atoms with Gasteiger partial charge in [0.2, 0.25) is 6.79 Å². The normalized spacial score (nSPS) is 12.6. The third kappa shape index (κ3) is 6.09. The molecule has 196 valence electrons. The Labute approximate surface area is 228 Å². The number of nitrogens with zero attached hydrogens (tertiary/aromatic N) is 3. The van der Waals surface area contributed by atoms with Crippen molar-refractivity contribution in [2.45, 2.75) is 39.4 Å². The van der Waals surface area contributed by atoms with E-state index in [4.69, 9.17) is 26.1 Å². The summed E-state index contributed by atoms with van der Waals surface area (Å²) in [6, 6.07) is 21.1. The molecule has 1 aliphatic rings. The van der Waals surface area contributed by atoms with Gasteiger partial charge in [0.1, 0.15) is 11.6 Å². The Bertz CT molecular complexity index is 1380. The van der Waals surface area contributed by atoms with Gasteiger partial charge in [-0.2, -0.15) is 0 Å². The zero-order valence-corrected chi connectivity index (χ0v) is 22.2. The van der Waals surface area contributed by atoms with Crippen LogP contribution in [0.15, 0.2) is 79.0 Å². The van der Waals surface area contributed by atoms with Gasteiger partial charge >= 0.3 is 0 Å². The van der Waals surface area contributed by atoms with Gasteiger partial charge in [0.05, 0.1) is 16.9 Å². The number of aromatic nitrogens is 2. The number of rotatable bonds is 11. The topological polar surface area (TPSA) is 39.5 Å². The van der Waals surface area contributed by atoms with Crippen LogP contribution in [-0.4, -0.2) is 27.8 Å². The molecule has 1 aliphatic heterocycles. The number of benzene rings is 3. The molecule has 0 unspecified atom stereocenters. The summed E-state index contributed by atoms with van der Waals surface area (Å²) in [4.78, 5) is 7.12. The molecule has 0 aliphatic carbocycles. The molecule has 0 atom stereocenters. The van der Waals surface area contributed by atoms with Gasteiger partial charge in [-0.3, -0.25) is 4.90 Å². The largest absolute Gasteiger partial charge is 0.454 e.